The standard InChI is InChI=1S/C26H33N3O5S/c1-19-10-13-24(34-2)22(16-19)27-25(30)18-29-23-12-11-21(17-20(23)8-7-9-26(29)31)35(32,33)28-14-5-3-4-6-15-28/h10-13,16-17H,3-9,14-15,18H2,1-2H3,(H,27,30). The molecular weight excluding hydrogens is 466 g/mol. The number of hydrogen-bond donors (Lipinski definition) is 1. The summed E-state index contributed by atoms with van der Waals surface area (Å²) in [6, 6.07) is 10.4. The third-order valence-corrected chi connectivity index (χ3v) is 8.51. The summed E-state index contributed by atoms with van der Waals surface area (Å²) in [7, 11) is -2.07. The first-order valence-electron chi connectivity index (χ1n) is 12.2. The van der Waals surface area contributed by atoms with Gasteiger partial charge >= 0.3 is 0 Å². The van der Waals surface area contributed by atoms with E-state index >= 15 is 0 Å². The third-order valence-electron chi connectivity index (χ3n) is 6.61. The highest BCUT2D eigenvalue weighted by Gasteiger charge is 2.29. The molecule has 8 nitrogen and oxygen atoms in total. The second-order valence-corrected chi connectivity index (χ2v) is 11.1. The second-order valence-electron chi connectivity index (χ2n) is 9.19. The van der Waals surface area contributed by atoms with Gasteiger partial charge in [0, 0.05) is 25.2 Å². The van der Waals surface area contributed by atoms with E-state index in [0.717, 1.165) is 36.8 Å². The Balaban J connectivity index is 1.58. The molecule has 2 amide bonds. The summed E-state index contributed by atoms with van der Waals surface area (Å²) in [5.74, 6) is 0.0319. The minimum Gasteiger partial charge on any atom is -0.495 e. The minimum absolute atomic E-state index is 0.154. The fourth-order valence-corrected chi connectivity index (χ4v) is 6.31. The fourth-order valence-electron chi connectivity index (χ4n) is 4.74. The number of amides is 2. The molecule has 0 bridgehead atoms. The lowest BCUT2D eigenvalue weighted by atomic mass is 10.1. The molecule has 0 unspecified atom stereocenters. The van der Waals surface area contributed by atoms with Gasteiger partial charge in [-0.15, -0.1) is 0 Å². The molecule has 0 radical (unpaired) electrons. The number of sulfonamides is 1. The Bertz CT molecular complexity index is 1200. The molecule has 1 N–H and O–H groups in total. The lowest BCUT2D eigenvalue weighted by Crippen LogP contribution is -2.38. The number of nitrogens with one attached hydrogen (secondary N) is 1. The molecule has 1 fully saturated rings. The Morgan fingerprint density at radius 1 is 1.00 bits per heavy atom. The van der Waals surface area contributed by atoms with Gasteiger partial charge in [-0.25, -0.2) is 8.42 Å². The molecule has 0 spiro atoms. The number of carbonyl (C=O) groups is 2. The van der Waals surface area contributed by atoms with Crippen molar-refractivity contribution in [3.63, 3.8) is 0 Å². The van der Waals surface area contributed by atoms with Gasteiger partial charge in [-0.05, 0) is 74.1 Å². The predicted molar refractivity (Wildman–Crippen MR) is 135 cm³/mol. The number of methoxy groups -OCH3 is 1. The summed E-state index contributed by atoms with van der Waals surface area (Å²) in [6.07, 6.45) is 5.30. The van der Waals surface area contributed by atoms with E-state index in [-0.39, 0.29) is 23.3 Å². The van der Waals surface area contributed by atoms with Crippen LogP contribution in [0.25, 0.3) is 0 Å². The topological polar surface area (TPSA) is 96.0 Å². The molecule has 0 aromatic heterocycles. The molecule has 0 atom stereocenters. The monoisotopic (exact) mass is 499 g/mol. The Hall–Kier alpha value is -2.91. The SMILES string of the molecule is COc1ccc(C)cc1NC(=O)CN1C(=O)CCCc2cc(S(=O)(=O)N3CCCCCC3)ccc21. The van der Waals surface area contributed by atoms with Gasteiger partial charge in [0.1, 0.15) is 12.3 Å². The van der Waals surface area contributed by atoms with Crippen LogP contribution in [0.1, 0.15) is 49.7 Å². The molecular formula is C26H33N3O5S. The molecule has 2 aromatic carbocycles. The first-order chi connectivity index (χ1) is 16.8. The van der Waals surface area contributed by atoms with E-state index in [2.05, 4.69) is 5.32 Å². The van der Waals surface area contributed by atoms with Crippen molar-refractivity contribution in [1.82, 2.24) is 4.31 Å². The molecule has 2 aliphatic heterocycles. The molecule has 188 valence electrons. The summed E-state index contributed by atoms with van der Waals surface area (Å²) in [6.45, 7) is 2.82. The molecule has 1 saturated heterocycles. The van der Waals surface area contributed by atoms with Crippen molar-refractivity contribution < 1.29 is 22.7 Å². The summed E-state index contributed by atoms with van der Waals surface area (Å²) in [5, 5.41) is 2.85. The molecule has 2 heterocycles. The zero-order valence-electron chi connectivity index (χ0n) is 20.4. The highest BCUT2D eigenvalue weighted by molar-refractivity contribution is 7.89. The van der Waals surface area contributed by atoms with Gasteiger partial charge in [0.05, 0.1) is 17.7 Å². The normalized spacial score (nSPS) is 17.3. The van der Waals surface area contributed by atoms with Crippen LogP contribution in [0.3, 0.4) is 0 Å². The van der Waals surface area contributed by atoms with E-state index in [1.807, 2.05) is 19.1 Å². The Kier molecular flexibility index (Phi) is 7.76. The summed E-state index contributed by atoms with van der Waals surface area (Å²) in [4.78, 5) is 27.5. The quantitative estimate of drug-likeness (QED) is 0.651. The van der Waals surface area contributed by atoms with Gasteiger partial charge in [0.2, 0.25) is 21.8 Å². The van der Waals surface area contributed by atoms with Crippen molar-refractivity contribution >= 4 is 33.2 Å². The van der Waals surface area contributed by atoms with Crippen LogP contribution < -0.4 is 15.0 Å². The zero-order chi connectivity index (χ0) is 25.0. The second kappa shape index (κ2) is 10.8. The first kappa shape index (κ1) is 25.2. The van der Waals surface area contributed by atoms with E-state index in [0.29, 0.717) is 49.5 Å². The Morgan fingerprint density at radius 3 is 2.46 bits per heavy atom. The van der Waals surface area contributed by atoms with Crippen LogP contribution in [0.5, 0.6) is 5.75 Å². The van der Waals surface area contributed by atoms with Crippen LogP contribution in [0.4, 0.5) is 11.4 Å². The van der Waals surface area contributed by atoms with Gasteiger partial charge in [0.15, 0.2) is 0 Å². The van der Waals surface area contributed by atoms with E-state index in [1.165, 1.54) is 12.0 Å². The summed E-state index contributed by atoms with van der Waals surface area (Å²) >= 11 is 0. The zero-order valence-corrected chi connectivity index (χ0v) is 21.2. The highest BCUT2D eigenvalue weighted by atomic mass is 32.2. The van der Waals surface area contributed by atoms with Crippen molar-refractivity contribution in [2.24, 2.45) is 0 Å². The van der Waals surface area contributed by atoms with E-state index in [4.69, 9.17) is 4.74 Å². The number of benzene rings is 2. The summed E-state index contributed by atoms with van der Waals surface area (Å²) < 4.78 is 33.5. The maximum absolute atomic E-state index is 13.3. The van der Waals surface area contributed by atoms with Crippen LogP contribution in [0, 0.1) is 6.92 Å². The van der Waals surface area contributed by atoms with Crippen molar-refractivity contribution in [3.8, 4) is 5.75 Å². The van der Waals surface area contributed by atoms with E-state index in [9.17, 15) is 18.0 Å². The van der Waals surface area contributed by atoms with Crippen molar-refractivity contribution in [2.45, 2.75) is 56.8 Å². The number of anilines is 2. The molecule has 9 heteroatoms. The number of carbonyl (C=O) groups excluding carboxylic acids is 2. The smallest absolute Gasteiger partial charge is 0.244 e. The van der Waals surface area contributed by atoms with Crippen LogP contribution in [0.15, 0.2) is 41.3 Å². The van der Waals surface area contributed by atoms with Gasteiger partial charge in [-0.2, -0.15) is 4.31 Å². The Labute approximate surface area is 207 Å². The Morgan fingerprint density at radius 2 is 1.74 bits per heavy atom. The number of ether oxygens (including phenoxy) is 1. The molecule has 2 aliphatic rings. The highest BCUT2D eigenvalue weighted by Crippen LogP contribution is 2.31. The van der Waals surface area contributed by atoms with Crippen LogP contribution in [-0.2, 0) is 26.0 Å². The number of hydrogen-bond acceptors (Lipinski definition) is 5. The minimum atomic E-state index is -3.60. The summed E-state index contributed by atoms with van der Waals surface area (Å²) in [5.41, 5.74) is 2.87. The maximum Gasteiger partial charge on any atom is 0.244 e. The molecule has 35 heavy (non-hydrogen) atoms. The fraction of sp³-hybridized carbons (Fsp3) is 0.462. The van der Waals surface area contributed by atoms with Crippen molar-refractivity contribution in [1.29, 1.82) is 0 Å². The largest absolute Gasteiger partial charge is 0.495 e. The van der Waals surface area contributed by atoms with Gasteiger partial charge < -0.3 is 15.0 Å². The van der Waals surface area contributed by atoms with Crippen LogP contribution >= 0.6 is 0 Å². The maximum atomic E-state index is 13.3. The van der Waals surface area contributed by atoms with Crippen molar-refractivity contribution in [3.05, 3.63) is 47.5 Å². The number of rotatable bonds is 6. The average molecular weight is 500 g/mol. The van der Waals surface area contributed by atoms with Gasteiger partial charge in [-0.3, -0.25) is 9.59 Å². The predicted octanol–water partition coefficient (Wildman–Crippen LogP) is 3.88. The van der Waals surface area contributed by atoms with E-state index in [1.54, 1.807) is 28.6 Å². The van der Waals surface area contributed by atoms with Gasteiger partial charge in [0.25, 0.3) is 0 Å². The number of fused-ring (bicyclic) bond motifs is 1. The lowest BCUT2D eigenvalue weighted by Gasteiger charge is -2.24. The van der Waals surface area contributed by atoms with Crippen LogP contribution in [0.2, 0.25) is 0 Å². The number of aryl methyl sites for hydroxylation is 2. The molecule has 0 saturated carbocycles. The van der Waals surface area contributed by atoms with Crippen LogP contribution in [-0.4, -0.2) is 51.3 Å². The van der Waals surface area contributed by atoms with Gasteiger partial charge in [-0.1, -0.05) is 18.9 Å². The molecule has 4 rings (SSSR count). The lowest BCUT2D eigenvalue weighted by molar-refractivity contribution is -0.121. The number of nitrogens with zero attached hydrogens (tertiary/aromatic N) is 2. The molecule has 0 aliphatic carbocycles. The van der Waals surface area contributed by atoms with E-state index < -0.39 is 10.0 Å². The average Bonchev–Trinajstić information content (AvgIpc) is 3.20. The third kappa shape index (κ3) is 5.67. The molecule has 2 aromatic rings. The van der Waals surface area contributed by atoms with Crippen molar-refractivity contribution in [2.75, 3.05) is 37.0 Å². The first-order valence-corrected chi connectivity index (χ1v) is 13.6.